The Morgan fingerprint density at radius 1 is 1.45 bits per heavy atom. The van der Waals surface area contributed by atoms with Crippen LogP contribution >= 0.6 is 12.2 Å². The number of pyridine rings is 1. The lowest BCUT2D eigenvalue weighted by Gasteiger charge is -2.28. The first kappa shape index (κ1) is 16.5. The van der Waals surface area contributed by atoms with E-state index in [1.807, 2.05) is 14.1 Å². The highest BCUT2D eigenvalue weighted by Gasteiger charge is 2.20. The standard InChI is InChI=1S/C14H22N4OS/c1-14(2,9-18(3)4)8-17-13(19)11-6-5-10(7-16-11)12(15)20/h5-7H,8-9H2,1-4H3,(H2,15,20)(H,17,19). The molecule has 6 heteroatoms. The van der Waals surface area contributed by atoms with E-state index in [1.165, 1.54) is 6.20 Å². The summed E-state index contributed by atoms with van der Waals surface area (Å²) in [5.74, 6) is -0.189. The van der Waals surface area contributed by atoms with Gasteiger partial charge in [-0.2, -0.15) is 0 Å². The molecule has 20 heavy (non-hydrogen) atoms. The average molecular weight is 294 g/mol. The van der Waals surface area contributed by atoms with E-state index in [2.05, 4.69) is 29.0 Å². The zero-order chi connectivity index (χ0) is 15.3. The van der Waals surface area contributed by atoms with Gasteiger partial charge in [0, 0.05) is 24.8 Å². The van der Waals surface area contributed by atoms with E-state index in [1.54, 1.807) is 12.1 Å². The Morgan fingerprint density at radius 2 is 2.10 bits per heavy atom. The molecule has 0 atom stereocenters. The van der Waals surface area contributed by atoms with Crippen LogP contribution in [0.4, 0.5) is 0 Å². The normalized spacial score (nSPS) is 11.4. The Labute approximate surface area is 125 Å². The van der Waals surface area contributed by atoms with E-state index in [-0.39, 0.29) is 16.3 Å². The van der Waals surface area contributed by atoms with E-state index in [0.717, 1.165) is 6.54 Å². The van der Waals surface area contributed by atoms with Gasteiger partial charge in [-0.3, -0.25) is 9.78 Å². The third-order valence-corrected chi connectivity index (χ3v) is 2.99. The maximum absolute atomic E-state index is 12.0. The van der Waals surface area contributed by atoms with Crippen molar-refractivity contribution in [1.29, 1.82) is 0 Å². The van der Waals surface area contributed by atoms with Crippen molar-refractivity contribution in [2.24, 2.45) is 11.1 Å². The third-order valence-electron chi connectivity index (χ3n) is 2.75. The van der Waals surface area contributed by atoms with Crippen molar-refractivity contribution < 1.29 is 4.79 Å². The van der Waals surface area contributed by atoms with Crippen LogP contribution in [-0.2, 0) is 0 Å². The topological polar surface area (TPSA) is 71.2 Å². The largest absolute Gasteiger partial charge is 0.389 e. The van der Waals surface area contributed by atoms with Gasteiger partial charge in [-0.15, -0.1) is 0 Å². The van der Waals surface area contributed by atoms with Gasteiger partial charge in [0.2, 0.25) is 0 Å². The lowest BCUT2D eigenvalue weighted by Crippen LogP contribution is -2.40. The summed E-state index contributed by atoms with van der Waals surface area (Å²) in [5, 5.41) is 2.90. The maximum Gasteiger partial charge on any atom is 0.269 e. The first-order valence-electron chi connectivity index (χ1n) is 6.40. The average Bonchev–Trinajstić information content (AvgIpc) is 2.34. The number of hydrogen-bond donors (Lipinski definition) is 2. The molecule has 110 valence electrons. The van der Waals surface area contributed by atoms with Gasteiger partial charge >= 0.3 is 0 Å². The zero-order valence-corrected chi connectivity index (χ0v) is 13.3. The highest BCUT2D eigenvalue weighted by Crippen LogP contribution is 2.14. The van der Waals surface area contributed by atoms with E-state index < -0.39 is 0 Å². The summed E-state index contributed by atoms with van der Waals surface area (Å²) in [6.45, 7) is 5.69. The monoisotopic (exact) mass is 294 g/mol. The molecule has 0 aromatic carbocycles. The summed E-state index contributed by atoms with van der Waals surface area (Å²) in [4.78, 5) is 18.5. The van der Waals surface area contributed by atoms with Crippen LogP contribution in [0.15, 0.2) is 18.3 Å². The quantitative estimate of drug-likeness (QED) is 0.767. The van der Waals surface area contributed by atoms with Crippen LogP contribution in [0.3, 0.4) is 0 Å². The van der Waals surface area contributed by atoms with Crippen LogP contribution in [0, 0.1) is 5.41 Å². The van der Waals surface area contributed by atoms with Gasteiger partial charge in [0.1, 0.15) is 10.7 Å². The molecule has 1 heterocycles. The number of hydrogen-bond acceptors (Lipinski definition) is 4. The highest BCUT2D eigenvalue weighted by molar-refractivity contribution is 7.80. The second-order valence-electron chi connectivity index (χ2n) is 5.88. The van der Waals surface area contributed by atoms with Crippen molar-refractivity contribution in [3.63, 3.8) is 0 Å². The number of nitrogens with zero attached hydrogens (tertiary/aromatic N) is 2. The number of carbonyl (C=O) groups is 1. The van der Waals surface area contributed by atoms with Crippen LogP contribution in [0.2, 0.25) is 0 Å². The number of amides is 1. The van der Waals surface area contributed by atoms with Crippen molar-refractivity contribution in [2.75, 3.05) is 27.2 Å². The fraction of sp³-hybridized carbons (Fsp3) is 0.500. The number of aromatic nitrogens is 1. The van der Waals surface area contributed by atoms with E-state index in [4.69, 9.17) is 18.0 Å². The minimum atomic E-state index is -0.189. The molecule has 0 spiro atoms. The molecule has 1 aromatic heterocycles. The molecule has 0 fully saturated rings. The number of carbonyl (C=O) groups excluding carboxylic acids is 1. The van der Waals surface area contributed by atoms with Crippen LogP contribution in [0.25, 0.3) is 0 Å². The number of nitrogens with one attached hydrogen (secondary N) is 1. The molecule has 3 N–H and O–H groups in total. The van der Waals surface area contributed by atoms with Gasteiger partial charge in [0.15, 0.2) is 0 Å². The zero-order valence-electron chi connectivity index (χ0n) is 12.4. The summed E-state index contributed by atoms with van der Waals surface area (Å²) < 4.78 is 0. The summed E-state index contributed by atoms with van der Waals surface area (Å²) in [7, 11) is 4.03. The van der Waals surface area contributed by atoms with Gasteiger partial charge in [-0.05, 0) is 31.6 Å². The van der Waals surface area contributed by atoms with E-state index >= 15 is 0 Å². The van der Waals surface area contributed by atoms with Crippen LogP contribution in [0.5, 0.6) is 0 Å². The first-order chi connectivity index (χ1) is 9.21. The summed E-state index contributed by atoms with van der Waals surface area (Å²) in [6, 6.07) is 3.33. The molecule has 0 radical (unpaired) electrons. The summed E-state index contributed by atoms with van der Waals surface area (Å²) in [5.41, 5.74) is 6.51. The highest BCUT2D eigenvalue weighted by atomic mass is 32.1. The van der Waals surface area contributed by atoms with Crippen molar-refractivity contribution in [3.8, 4) is 0 Å². The van der Waals surface area contributed by atoms with E-state index in [9.17, 15) is 4.79 Å². The van der Waals surface area contributed by atoms with E-state index in [0.29, 0.717) is 17.8 Å². The van der Waals surface area contributed by atoms with Gasteiger partial charge in [-0.1, -0.05) is 26.1 Å². The van der Waals surface area contributed by atoms with Crippen LogP contribution in [0.1, 0.15) is 29.9 Å². The first-order valence-corrected chi connectivity index (χ1v) is 6.81. The SMILES string of the molecule is CN(C)CC(C)(C)CNC(=O)c1ccc(C(N)=S)cn1. The minimum Gasteiger partial charge on any atom is -0.389 e. The summed E-state index contributed by atoms with van der Waals surface area (Å²) in [6.07, 6.45) is 1.52. The van der Waals surface area contributed by atoms with Gasteiger partial charge in [-0.25, -0.2) is 0 Å². The maximum atomic E-state index is 12.0. The van der Waals surface area contributed by atoms with Crippen molar-refractivity contribution in [2.45, 2.75) is 13.8 Å². The second kappa shape index (κ2) is 6.76. The molecule has 1 rings (SSSR count). The van der Waals surface area contributed by atoms with Crippen molar-refractivity contribution in [3.05, 3.63) is 29.6 Å². The minimum absolute atomic E-state index is 0.00206. The Balaban J connectivity index is 2.61. The predicted octanol–water partition coefficient (Wildman–Crippen LogP) is 1.03. The Hall–Kier alpha value is -1.53. The van der Waals surface area contributed by atoms with Crippen molar-refractivity contribution >= 4 is 23.1 Å². The predicted molar refractivity (Wildman–Crippen MR) is 84.8 cm³/mol. The molecule has 0 aliphatic rings. The molecule has 0 bridgehead atoms. The van der Waals surface area contributed by atoms with Gasteiger partial charge in [0.25, 0.3) is 5.91 Å². The van der Waals surface area contributed by atoms with Crippen molar-refractivity contribution in [1.82, 2.24) is 15.2 Å². The number of nitrogens with two attached hydrogens (primary N) is 1. The summed E-state index contributed by atoms with van der Waals surface area (Å²) >= 11 is 4.84. The van der Waals surface area contributed by atoms with Gasteiger partial charge in [0.05, 0.1) is 0 Å². The second-order valence-corrected chi connectivity index (χ2v) is 6.32. The number of thiocarbonyl (C=S) groups is 1. The van der Waals surface area contributed by atoms with Crippen LogP contribution in [-0.4, -0.2) is 48.0 Å². The Bertz CT molecular complexity index is 482. The molecule has 1 aromatic rings. The molecular formula is C14H22N4OS. The molecule has 5 nitrogen and oxygen atoms in total. The molecule has 0 saturated heterocycles. The molecule has 0 aliphatic carbocycles. The van der Waals surface area contributed by atoms with Gasteiger partial charge < -0.3 is 16.0 Å². The molecule has 0 saturated carbocycles. The molecule has 0 aliphatic heterocycles. The van der Waals surface area contributed by atoms with Crippen LogP contribution < -0.4 is 11.1 Å². The molecule has 0 unspecified atom stereocenters. The Kier molecular flexibility index (Phi) is 5.59. The fourth-order valence-electron chi connectivity index (χ4n) is 2.00. The number of rotatable bonds is 6. The molecule has 1 amide bonds. The molecular weight excluding hydrogens is 272 g/mol. The Morgan fingerprint density at radius 3 is 2.55 bits per heavy atom. The lowest BCUT2D eigenvalue weighted by molar-refractivity contribution is 0.0924. The fourth-order valence-corrected chi connectivity index (χ4v) is 2.12. The smallest absolute Gasteiger partial charge is 0.269 e. The lowest BCUT2D eigenvalue weighted by atomic mass is 9.93. The third kappa shape index (κ3) is 5.22.